The predicted octanol–water partition coefficient (Wildman–Crippen LogP) is 4.09. The Labute approximate surface area is 199 Å². The molecule has 2 aromatic heterocycles. The number of amides is 2. The Hall–Kier alpha value is -3.36. The van der Waals surface area contributed by atoms with Crippen LogP contribution in [0.3, 0.4) is 0 Å². The van der Waals surface area contributed by atoms with Gasteiger partial charge in [0.25, 0.3) is 0 Å². The minimum atomic E-state index is -0.370. The summed E-state index contributed by atoms with van der Waals surface area (Å²) in [5, 5.41) is 15.9. The highest BCUT2D eigenvalue weighted by Gasteiger charge is 2.32. The smallest absolute Gasteiger partial charge is 0.407 e. The number of rotatable bonds is 6. The summed E-state index contributed by atoms with van der Waals surface area (Å²) in [5.74, 6) is 0.777. The van der Waals surface area contributed by atoms with Gasteiger partial charge >= 0.3 is 6.09 Å². The number of alkyl carbamates (subject to hydrolysis) is 1. The third-order valence-corrected chi connectivity index (χ3v) is 6.20. The number of nitrogens with zero attached hydrogens (tertiary/aromatic N) is 4. The largest absolute Gasteiger partial charge is 0.446 e. The number of aromatic nitrogens is 4. The quantitative estimate of drug-likeness (QED) is 0.570. The zero-order valence-corrected chi connectivity index (χ0v) is 20.6. The lowest BCUT2D eigenvalue weighted by Gasteiger charge is -2.22. The van der Waals surface area contributed by atoms with Gasteiger partial charge in [-0.2, -0.15) is 10.2 Å². The fourth-order valence-electron chi connectivity index (χ4n) is 4.55. The lowest BCUT2D eigenvalue weighted by molar-refractivity contribution is -0.115. The molecule has 1 aromatic carbocycles. The summed E-state index contributed by atoms with van der Waals surface area (Å²) in [4.78, 5) is 24.7. The second kappa shape index (κ2) is 9.48. The van der Waals surface area contributed by atoms with Crippen LogP contribution in [0.4, 0.5) is 10.6 Å². The number of ether oxygens (including phenoxy) is 1. The molecule has 9 nitrogen and oxygen atoms in total. The molecule has 1 aliphatic rings. The van der Waals surface area contributed by atoms with Crippen LogP contribution in [0.2, 0.25) is 0 Å². The molecule has 4 rings (SSSR count). The molecule has 1 saturated carbocycles. The van der Waals surface area contributed by atoms with E-state index in [0.717, 1.165) is 41.4 Å². The number of fused-ring (bicyclic) bond motifs is 1. The molecule has 182 valence electrons. The second-order valence-corrected chi connectivity index (χ2v) is 9.99. The van der Waals surface area contributed by atoms with Crippen LogP contribution < -0.4 is 10.6 Å². The molecule has 0 spiro atoms. The van der Waals surface area contributed by atoms with E-state index in [1.807, 2.05) is 53.8 Å². The van der Waals surface area contributed by atoms with Crippen LogP contribution in [0.1, 0.15) is 64.1 Å². The minimum Gasteiger partial charge on any atom is -0.446 e. The standard InChI is InChI=1S/C25H34N6O3/c1-6-26-24(33)34-19-9-8-17(13-19)20-14-22(31(29-20)25(2,3)4)28-23(32)12-16-7-10-21-18(11-16)15-27-30(21)5/h7,10-11,14-15,17,19H,6,8-9,12-13H2,1-5H3,(H,26,33)(H,28,32)/t17-,19+/m0/s1. The maximum absolute atomic E-state index is 12.9. The van der Waals surface area contributed by atoms with Crippen LogP contribution in [0.25, 0.3) is 10.9 Å². The van der Waals surface area contributed by atoms with Crippen LogP contribution >= 0.6 is 0 Å². The highest BCUT2D eigenvalue weighted by Crippen LogP contribution is 2.37. The summed E-state index contributed by atoms with van der Waals surface area (Å²) in [6.45, 7) is 8.59. The van der Waals surface area contributed by atoms with Gasteiger partial charge in [-0.05, 0) is 64.7 Å². The van der Waals surface area contributed by atoms with Gasteiger partial charge in [-0.25, -0.2) is 9.48 Å². The predicted molar refractivity (Wildman–Crippen MR) is 131 cm³/mol. The Morgan fingerprint density at radius 2 is 2.00 bits per heavy atom. The highest BCUT2D eigenvalue weighted by molar-refractivity contribution is 5.92. The van der Waals surface area contributed by atoms with Gasteiger partial charge in [-0.3, -0.25) is 9.48 Å². The van der Waals surface area contributed by atoms with Crippen molar-refractivity contribution in [1.82, 2.24) is 24.9 Å². The molecule has 0 radical (unpaired) electrons. The number of hydrogen-bond acceptors (Lipinski definition) is 5. The van der Waals surface area contributed by atoms with Crippen molar-refractivity contribution < 1.29 is 14.3 Å². The van der Waals surface area contributed by atoms with Gasteiger partial charge in [0, 0.05) is 31.0 Å². The van der Waals surface area contributed by atoms with Crippen LogP contribution in [0.15, 0.2) is 30.5 Å². The van der Waals surface area contributed by atoms with Crippen molar-refractivity contribution in [1.29, 1.82) is 0 Å². The molecule has 2 amide bonds. The summed E-state index contributed by atoms with van der Waals surface area (Å²) in [6, 6.07) is 7.92. The molecule has 3 aromatic rings. The first-order chi connectivity index (χ1) is 16.1. The van der Waals surface area contributed by atoms with Gasteiger partial charge < -0.3 is 15.4 Å². The van der Waals surface area contributed by atoms with E-state index in [4.69, 9.17) is 9.84 Å². The first-order valence-corrected chi connectivity index (χ1v) is 11.9. The van der Waals surface area contributed by atoms with Crippen LogP contribution in [0, 0.1) is 0 Å². The van der Waals surface area contributed by atoms with E-state index in [0.29, 0.717) is 12.4 Å². The van der Waals surface area contributed by atoms with Crippen molar-refractivity contribution >= 4 is 28.7 Å². The first-order valence-electron chi connectivity index (χ1n) is 11.9. The normalized spacial score (nSPS) is 18.3. The van der Waals surface area contributed by atoms with E-state index in [1.54, 1.807) is 0 Å². The van der Waals surface area contributed by atoms with E-state index in [1.165, 1.54) is 0 Å². The molecule has 0 aliphatic heterocycles. The Morgan fingerprint density at radius 3 is 2.74 bits per heavy atom. The van der Waals surface area contributed by atoms with E-state index in [-0.39, 0.29) is 36.0 Å². The third-order valence-electron chi connectivity index (χ3n) is 6.20. The van der Waals surface area contributed by atoms with Crippen molar-refractivity contribution in [2.45, 2.75) is 70.9 Å². The first kappa shape index (κ1) is 23.8. The molecule has 0 bridgehead atoms. The second-order valence-electron chi connectivity index (χ2n) is 9.99. The van der Waals surface area contributed by atoms with Crippen LogP contribution in [-0.2, 0) is 28.5 Å². The van der Waals surface area contributed by atoms with E-state index >= 15 is 0 Å². The lowest BCUT2D eigenvalue weighted by atomic mass is 10.0. The molecule has 1 fully saturated rings. The molecule has 2 N–H and O–H groups in total. The molecular formula is C25H34N6O3. The number of hydrogen-bond donors (Lipinski definition) is 2. The van der Waals surface area contributed by atoms with Crippen LogP contribution in [-0.4, -0.2) is 44.2 Å². The molecular weight excluding hydrogens is 432 g/mol. The summed E-state index contributed by atoms with van der Waals surface area (Å²) < 4.78 is 9.20. The Balaban J connectivity index is 1.46. The van der Waals surface area contributed by atoms with Gasteiger partial charge in [-0.1, -0.05) is 6.07 Å². The van der Waals surface area contributed by atoms with Crippen molar-refractivity contribution in [3.8, 4) is 0 Å². The summed E-state index contributed by atoms with van der Waals surface area (Å²) in [6.07, 6.45) is 4.02. The molecule has 9 heteroatoms. The highest BCUT2D eigenvalue weighted by atomic mass is 16.6. The maximum atomic E-state index is 12.9. The number of carbonyl (C=O) groups is 2. The van der Waals surface area contributed by atoms with Gasteiger partial charge in [0.1, 0.15) is 11.9 Å². The van der Waals surface area contributed by atoms with E-state index in [2.05, 4.69) is 36.5 Å². The zero-order valence-electron chi connectivity index (χ0n) is 20.6. The van der Waals surface area contributed by atoms with Crippen LogP contribution in [0.5, 0.6) is 0 Å². The minimum absolute atomic E-state index is 0.0935. The van der Waals surface area contributed by atoms with Gasteiger partial charge in [0.05, 0.1) is 29.4 Å². The fraction of sp³-hybridized carbons (Fsp3) is 0.520. The molecule has 2 heterocycles. The van der Waals surface area contributed by atoms with Crippen molar-refractivity contribution in [3.63, 3.8) is 0 Å². The Morgan fingerprint density at radius 1 is 1.21 bits per heavy atom. The molecule has 34 heavy (non-hydrogen) atoms. The average Bonchev–Trinajstić information content (AvgIpc) is 3.47. The molecule has 2 atom stereocenters. The lowest BCUT2D eigenvalue weighted by Crippen LogP contribution is -2.27. The SMILES string of the molecule is CCNC(=O)O[C@@H]1CC[C@H](c2cc(NC(=O)Cc3ccc4c(cnn4C)c3)n(C(C)(C)C)n2)C1. The summed E-state index contributed by atoms with van der Waals surface area (Å²) >= 11 is 0. The van der Waals surface area contributed by atoms with Crippen molar-refractivity contribution in [3.05, 3.63) is 41.7 Å². The van der Waals surface area contributed by atoms with Crippen molar-refractivity contribution in [2.75, 3.05) is 11.9 Å². The Kier molecular flexibility index (Phi) is 6.63. The van der Waals surface area contributed by atoms with E-state index < -0.39 is 0 Å². The topological polar surface area (TPSA) is 103 Å². The number of aryl methyl sites for hydroxylation is 1. The molecule has 0 unspecified atom stereocenters. The number of carbonyl (C=O) groups excluding carboxylic acids is 2. The summed E-state index contributed by atoms with van der Waals surface area (Å²) in [7, 11) is 1.90. The van der Waals surface area contributed by atoms with E-state index in [9.17, 15) is 9.59 Å². The number of anilines is 1. The maximum Gasteiger partial charge on any atom is 0.407 e. The van der Waals surface area contributed by atoms with Gasteiger partial charge in [0.2, 0.25) is 5.91 Å². The average molecular weight is 467 g/mol. The van der Waals surface area contributed by atoms with Gasteiger partial charge in [0.15, 0.2) is 0 Å². The van der Waals surface area contributed by atoms with Gasteiger partial charge in [-0.15, -0.1) is 0 Å². The Bertz CT molecular complexity index is 1190. The monoisotopic (exact) mass is 466 g/mol. The van der Waals surface area contributed by atoms with Crippen molar-refractivity contribution in [2.24, 2.45) is 7.05 Å². The molecule has 0 saturated heterocycles. The number of benzene rings is 1. The third kappa shape index (κ3) is 5.24. The summed E-state index contributed by atoms with van der Waals surface area (Å²) in [5.41, 5.74) is 2.58. The number of nitrogens with one attached hydrogen (secondary N) is 2. The fourth-order valence-corrected chi connectivity index (χ4v) is 4.55. The molecule has 1 aliphatic carbocycles. The zero-order chi connectivity index (χ0) is 24.5.